The molecule has 0 aliphatic heterocycles. The molecule has 0 aromatic rings. The summed E-state index contributed by atoms with van der Waals surface area (Å²) in [6, 6.07) is 0. The Morgan fingerprint density at radius 1 is 0.329 bits per heavy atom. The first-order valence-electron chi connectivity index (χ1n) is 32.8. The van der Waals surface area contributed by atoms with Crippen molar-refractivity contribution >= 4 is 39.5 Å². The summed E-state index contributed by atoms with van der Waals surface area (Å²) in [6.45, 7) is 11.6. The monoisotopic (exact) mass is 1210 g/mol. The van der Waals surface area contributed by atoms with Crippen LogP contribution >= 0.6 is 15.6 Å². The molecule has 2 unspecified atom stereocenters. The number of unbranched alkanes of at least 4 members (excludes halogenated alkanes) is 29. The van der Waals surface area contributed by atoms with Crippen LogP contribution in [0.4, 0.5) is 0 Å². The highest BCUT2D eigenvalue weighted by atomic mass is 31.2. The van der Waals surface area contributed by atoms with Gasteiger partial charge in [0, 0.05) is 25.7 Å². The molecule has 17 nitrogen and oxygen atoms in total. The Kier molecular flexibility index (Phi) is 53.2. The molecule has 0 rings (SSSR count). The minimum atomic E-state index is -4.94. The van der Waals surface area contributed by atoms with Gasteiger partial charge in [-0.1, -0.05) is 254 Å². The van der Waals surface area contributed by atoms with Gasteiger partial charge in [0.05, 0.1) is 26.4 Å². The molecule has 0 heterocycles. The minimum absolute atomic E-state index is 0.101. The highest BCUT2D eigenvalue weighted by Gasteiger charge is 2.30. The fraction of sp³-hybridized carbons (Fsp3) is 0.937. The molecule has 0 bridgehead atoms. The normalized spacial score (nSPS) is 14.4. The first-order valence-corrected chi connectivity index (χ1v) is 35.8. The summed E-state index contributed by atoms with van der Waals surface area (Å²) in [6.07, 6.45) is 35.4. The van der Waals surface area contributed by atoms with Gasteiger partial charge >= 0.3 is 39.5 Å². The number of phosphoric acid groups is 2. The second-order valence-corrected chi connectivity index (χ2v) is 27.1. The van der Waals surface area contributed by atoms with E-state index in [1.54, 1.807) is 0 Å². The number of ether oxygens (including phenoxy) is 4. The zero-order chi connectivity index (χ0) is 61.0. The average Bonchev–Trinajstić information content (AvgIpc) is 3.42. The molecule has 0 radical (unpaired) electrons. The van der Waals surface area contributed by atoms with Gasteiger partial charge in [-0.2, -0.15) is 0 Å². The molecule has 19 heteroatoms. The van der Waals surface area contributed by atoms with E-state index in [1.165, 1.54) is 109 Å². The fourth-order valence-corrected chi connectivity index (χ4v) is 10.9. The zero-order valence-electron chi connectivity index (χ0n) is 52.9. The third kappa shape index (κ3) is 57.2. The van der Waals surface area contributed by atoms with Crippen molar-refractivity contribution in [2.45, 2.75) is 324 Å². The van der Waals surface area contributed by atoms with Crippen molar-refractivity contribution in [1.82, 2.24) is 0 Å². The van der Waals surface area contributed by atoms with Crippen molar-refractivity contribution in [2.75, 3.05) is 39.6 Å². The molecular formula is C63H122O17P2. The molecule has 0 amide bonds. The van der Waals surface area contributed by atoms with Crippen LogP contribution < -0.4 is 0 Å². The van der Waals surface area contributed by atoms with E-state index < -0.39 is 97.5 Å². The third-order valence-electron chi connectivity index (χ3n) is 14.4. The van der Waals surface area contributed by atoms with E-state index >= 15 is 0 Å². The van der Waals surface area contributed by atoms with Crippen LogP contribution in [0.2, 0.25) is 0 Å². The van der Waals surface area contributed by atoms with Crippen LogP contribution in [0.25, 0.3) is 0 Å². The zero-order valence-corrected chi connectivity index (χ0v) is 54.7. The lowest BCUT2D eigenvalue weighted by Gasteiger charge is -2.21. The van der Waals surface area contributed by atoms with Gasteiger partial charge in [0.15, 0.2) is 12.2 Å². The molecule has 82 heavy (non-hydrogen) atoms. The van der Waals surface area contributed by atoms with E-state index in [0.717, 1.165) is 108 Å². The van der Waals surface area contributed by atoms with E-state index in [2.05, 4.69) is 48.5 Å². The lowest BCUT2D eigenvalue weighted by molar-refractivity contribution is -0.161. The molecule has 0 saturated carbocycles. The first kappa shape index (κ1) is 80.1. The van der Waals surface area contributed by atoms with E-state index in [-0.39, 0.29) is 25.7 Å². The number of carbonyl (C=O) groups is 4. The van der Waals surface area contributed by atoms with Gasteiger partial charge in [-0.15, -0.1) is 0 Å². The molecule has 0 aliphatic rings. The van der Waals surface area contributed by atoms with Gasteiger partial charge in [0.2, 0.25) is 0 Å². The standard InChI is InChI=1S/C63H122O17P2/c1-8-9-10-27-37-44-60(65)73-50-58(80-63(68)47-40-33-26-25-30-36-43-56(6)7)52-77-81(69,70)75-48-57(64)49-76-82(71,72)78-53-59(51-74-61(66)45-38-31-23-20-16-18-22-29-35-42-55(4)5)79-62(67)46-39-32-24-19-15-13-11-12-14-17-21-28-34-41-54(2)3/h54-59,64H,8-53H2,1-7H3,(H,69,70)(H,71,72)/t57-,58+,59+/m0/s1. The van der Waals surface area contributed by atoms with Crippen LogP contribution in [0.3, 0.4) is 0 Å². The predicted octanol–water partition coefficient (Wildman–Crippen LogP) is 17.1. The van der Waals surface area contributed by atoms with Crippen molar-refractivity contribution in [3.05, 3.63) is 0 Å². The maximum atomic E-state index is 13.0. The second-order valence-electron chi connectivity index (χ2n) is 24.2. The maximum Gasteiger partial charge on any atom is 0.472 e. The first-order chi connectivity index (χ1) is 39.2. The van der Waals surface area contributed by atoms with Crippen LogP contribution in [0, 0.1) is 17.8 Å². The van der Waals surface area contributed by atoms with Crippen molar-refractivity contribution in [3.63, 3.8) is 0 Å². The quantitative estimate of drug-likeness (QED) is 0.0222. The molecule has 0 aliphatic carbocycles. The minimum Gasteiger partial charge on any atom is -0.462 e. The number of phosphoric ester groups is 2. The van der Waals surface area contributed by atoms with E-state index in [4.69, 9.17) is 37.0 Å². The van der Waals surface area contributed by atoms with Crippen LogP contribution in [-0.4, -0.2) is 96.7 Å². The van der Waals surface area contributed by atoms with Crippen molar-refractivity contribution in [1.29, 1.82) is 0 Å². The molecule has 0 aromatic carbocycles. The molecule has 486 valence electrons. The largest absolute Gasteiger partial charge is 0.472 e. The smallest absolute Gasteiger partial charge is 0.462 e. The number of hydrogen-bond donors (Lipinski definition) is 3. The van der Waals surface area contributed by atoms with E-state index in [9.17, 15) is 43.2 Å². The molecule has 0 aromatic heterocycles. The van der Waals surface area contributed by atoms with Gasteiger partial charge in [0.1, 0.15) is 19.3 Å². The van der Waals surface area contributed by atoms with Gasteiger partial charge in [-0.25, -0.2) is 9.13 Å². The Morgan fingerprint density at radius 3 is 0.829 bits per heavy atom. The summed E-state index contributed by atoms with van der Waals surface area (Å²) in [5.41, 5.74) is 0. The van der Waals surface area contributed by atoms with Crippen LogP contribution in [0.5, 0.6) is 0 Å². The number of esters is 4. The highest BCUT2D eigenvalue weighted by Crippen LogP contribution is 2.45. The number of aliphatic hydroxyl groups is 1. The van der Waals surface area contributed by atoms with Gasteiger partial charge in [-0.3, -0.25) is 37.3 Å². The van der Waals surface area contributed by atoms with Gasteiger partial charge in [0.25, 0.3) is 0 Å². The predicted molar refractivity (Wildman–Crippen MR) is 326 cm³/mol. The summed E-state index contributed by atoms with van der Waals surface area (Å²) < 4.78 is 67.7. The topological polar surface area (TPSA) is 237 Å². The lowest BCUT2D eigenvalue weighted by Crippen LogP contribution is -2.30. The fourth-order valence-electron chi connectivity index (χ4n) is 9.30. The molecule has 0 spiro atoms. The summed E-state index contributed by atoms with van der Waals surface area (Å²) in [7, 11) is -9.88. The second kappa shape index (κ2) is 54.5. The Labute approximate surface area is 498 Å². The van der Waals surface area contributed by atoms with Crippen molar-refractivity contribution in [2.24, 2.45) is 17.8 Å². The molecule has 0 saturated heterocycles. The Hall–Kier alpha value is -1.94. The summed E-state index contributed by atoms with van der Waals surface area (Å²) in [5.74, 6) is 0.0487. The summed E-state index contributed by atoms with van der Waals surface area (Å²) in [5, 5.41) is 10.5. The van der Waals surface area contributed by atoms with Crippen LogP contribution in [0.1, 0.15) is 305 Å². The lowest BCUT2D eigenvalue weighted by atomic mass is 10.0. The van der Waals surface area contributed by atoms with Crippen LogP contribution in [-0.2, 0) is 65.4 Å². The number of carbonyl (C=O) groups excluding carboxylic acids is 4. The van der Waals surface area contributed by atoms with E-state index in [1.807, 2.05) is 0 Å². The summed E-state index contributed by atoms with van der Waals surface area (Å²) >= 11 is 0. The number of rotatable bonds is 61. The molecular weight excluding hydrogens is 1090 g/mol. The van der Waals surface area contributed by atoms with E-state index in [0.29, 0.717) is 31.6 Å². The number of hydrogen-bond acceptors (Lipinski definition) is 15. The Morgan fingerprint density at radius 2 is 0.561 bits per heavy atom. The average molecular weight is 1210 g/mol. The van der Waals surface area contributed by atoms with Crippen molar-refractivity contribution < 1.29 is 80.2 Å². The number of aliphatic hydroxyl groups excluding tert-OH is 1. The third-order valence-corrected chi connectivity index (χ3v) is 16.3. The Balaban J connectivity index is 5.17. The van der Waals surface area contributed by atoms with Crippen molar-refractivity contribution in [3.8, 4) is 0 Å². The van der Waals surface area contributed by atoms with Gasteiger partial charge < -0.3 is 33.8 Å². The Bertz CT molecular complexity index is 1630. The molecule has 5 atom stereocenters. The molecule has 3 N–H and O–H groups in total. The maximum absolute atomic E-state index is 13.0. The SMILES string of the molecule is CCCCCCCC(=O)OC[C@H](COP(=O)(O)OC[C@H](O)COP(=O)(O)OC[C@@H](COC(=O)CCCCCCCCCCCC(C)C)OC(=O)CCCCCCCCCCCCCCCC(C)C)OC(=O)CCCCCCCCC(C)C. The molecule has 0 fully saturated rings. The van der Waals surface area contributed by atoms with Crippen LogP contribution in [0.15, 0.2) is 0 Å². The van der Waals surface area contributed by atoms with Gasteiger partial charge in [-0.05, 0) is 43.4 Å². The summed E-state index contributed by atoms with van der Waals surface area (Å²) in [4.78, 5) is 71.9. The highest BCUT2D eigenvalue weighted by molar-refractivity contribution is 7.47.